The van der Waals surface area contributed by atoms with E-state index in [9.17, 15) is 39.0 Å². The lowest BCUT2D eigenvalue weighted by molar-refractivity contribution is -0.241. The number of carbonyl (C=O) groups is 4. The number of amides is 3. The third-order valence-electron chi connectivity index (χ3n) is 12.0. The Morgan fingerprint density at radius 3 is 2.16 bits per heavy atom. The van der Waals surface area contributed by atoms with Crippen LogP contribution >= 0.6 is 0 Å². The van der Waals surface area contributed by atoms with Crippen molar-refractivity contribution in [2.75, 3.05) is 7.11 Å². The monoisotopic (exact) mass is 904 g/mol. The Balaban J connectivity index is 1.29. The molecule has 1 aromatic rings. The second-order valence-electron chi connectivity index (χ2n) is 17.2. The Morgan fingerprint density at radius 1 is 0.922 bits per heavy atom. The van der Waals surface area contributed by atoms with Crippen molar-refractivity contribution in [2.45, 2.75) is 210 Å². The lowest BCUT2D eigenvalue weighted by Gasteiger charge is -2.35. The van der Waals surface area contributed by atoms with E-state index in [2.05, 4.69) is 34.7 Å². The minimum Gasteiger partial charge on any atom is -0.456 e. The van der Waals surface area contributed by atoms with Crippen LogP contribution in [0, 0.1) is 0 Å². The third kappa shape index (κ3) is 16.6. The number of aromatic amines is 1. The zero-order chi connectivity index (χ0) is 46.4. The van der Waals surface area contributed by atoms with Gasteiger partial charge in [0.1, 0.15) is 30.5 Å². The molecule has 3 aliphatic heterocycles. The highest BCUT2D eigenvalue weighted by Crippen LogP contribution is 2.36. The first-order valence-corrected chi connectivity index (χ1v) is 23.5. The Morgan fingerprint density at radius 2 is 1.55 bits per heavy atom. The molecule has 0 radical (unpaired) electrons. The highest BCUT2D eigenvalue weighted by atomic mass is 16.7. The van der Waals surface area contributed by atoms with Crippen molar-refractivity contribution in [3.8, 4) is 0 Å². The highest BCUT2D eigenvalue weighted by molar-refractivity contribution is 5.95. The van der Waals surface area contributed by atoms with Gasteiger partial charge in [0.2, 0.25) is 18.1 Å². The fourth-order valence-corrected chi connectivity index (χ4v) is 8.29. The number of aliphatic hydroxyl groups excluding tert-OH is 2. The number of H-pyrrole nitrogens is 1. The van der Waals surface area contributed by atoms with E-state index in [0.29, 0.717) is 25.7 Å². The predicted octanol–water partition coefficient (Wildman–Crippen LogP) is 3.96. The van der Waals surface area contributed by atoms with Crippen molar-refractivity contribution in [3.63, 3.8) is 0 Å². The van der Waals surface area contributed by atoms with Crippen LogP contribution in [0.15, 0.2) is 45.8 Å². The molecule has 18 nitrogen and oxygen atoms in total. The lowest BCUT2D eigenvalue weighted by Crippen LogP contribution is -2.54. The Kier molecular flexibility index (Phi) is 22.7. The highest BCUT2D eigenvalue weighted by Gasteiger charge is 2.55. The first-order chi connectivity index (χ1) is 30.8. The molecule has 3 aliphatic rings. The number of nitrogens with one attached hydrogen (secondary N) is 3. The molecule has 2 saturated heterocycles. The number of rotatable bonds is 28. The van der Waals surface area contributed by atoms with Gasteiger partial charge in [0.25, 0.3) is 11.5 Å². The minimum atomic E-state index is -1.88. The number of nitrogens with zero attached hydrogens (tertiary/aromatic N) is 1. The number of ether oxygens (including phenoxy) is 5. The summed E-state index contributed by atoms with van der Waals surface area (Å²) >= 11 is 0. The molecule has 0 aromatic carbocycles. The van der Waals surface area contributed by atoms with Crippen LogP contribution < -0.4 is 27.6 Å². The maximum Gasteiger partial charge on any atom is 0.330 e. The number of allylic oxidation sites excluding steroid dienone is 2. The van der Waals surface area contributed by atoms with E-state index in [1.54, 1.807) is 0 Å². The summed E-state index contributed by atoms with van der Waals surface area (Å²) < 4.78 is 30.1. The average molecular weight is 904 g/mol. The molecule has 0 saturated carbocycles. The van der Waals surface area contributed by atoms with Crippen LogP contribution in [0.1, 0.15) is 155 Å². The lowest BCUT2D eigenvalue weighted by atomic mass is 10.0. The topological polar surface area (TPSA) is 260 Å². The van der Waals surface area contributed by atoms with E-state index < -0.39 is 95.9 Å². The van der Waals surface area contributed by atoms with Gasteiger partial charge in [-0.05, 0) is 64.4 Å². The zero-order valence-electron chi connectivity index (χ0n) is 37.9. The van der Waals surface area contributed by atoms with Crippen molar-refractivity contribution < 1.29 is 53.1 Å². The van der Waals surface area contributed by atoms with Crippen LogP contribution in [0.3, 0.4) is 0 Å². The first kappa shape index (κ1) is 52.3. The van der Waals surface area contributed by atoms with Gasteiger partial charge in [-0.1, -0.05) is 96.1 Å². The van der Waals surface area contributed by atoms with Crippen molar-refractivity contribution in [1.82, 2.24) is 20.2 Å². The molecule has 4 rings (SSSR count). The number of esters is 1. The number of aromatic nitrogens is 2. The van der Waals surface area contributed by atoms with Crippen LogP contribution in [0.4, 0.5) is 0 Å². The molecule has 0 bridgehead atoms. The summed E-state index contributed by atoms with van der Waals surface area (Å²) in [7, 11) is 1.25. The Bertz CT molecular complexity index is 1800. The molecule has 7 N–H and O–H groups in total. The zero-order valence-corrected chi connectivity index (χ0v) is 37.9. The van der Waals surface area contributed by atoms with Crippen LogP contribution in [-0.4, -0.2) is 106 Å². The molecular formula is C46H73N5O13. The maximum atomic E-state index is 13.3. The van der Waals surface area contributed by atoms with Gasteiger partial charge in [-0.25, -0.2) is 4.79 Å². The van der Waals surface area contributed by atoms with Crippen LogP contribution in [-0.2, 0) is 42.9 Å². The summed E-state index contributed by atoms with van der Waals surface area (Å²) in [4.78, 5) is 79.3. The average Bonchev–Trinajstić information content (AvgIpc) is 3.51. The Hall–Kier alpha value is -4.36. The van der Waals surface area contributed by atoms with Gasteiger partial charge < -0.3 is 50.3 Å². The number of hydrogen-bond acceptors (Lipinski definition) is 13. The van der Waals surface area contributed by atoms with Gasteiger partial charge in [-0.2, -0.15) is 0 Å². The first-order valence-electron chi connectivity index (χ1n) is 23.5. The molecular weight excluding hydrogens is 831 g/mol. The van der Waals surface area contributed by atoms with Gasteiger partial charge in [0, 0.05) is 31.8 Å². The number of hydrogen-bond donors (Lipinski definition) is 6. The quantitative estimate of drug-likeness (QED) is 0.0396. The molecule has 1 aromatic heterocycles. The summed E-state index contributed by atoms with van der Waals surface area (Å²) in [6.07, 6.45) is 15.1. The second-order valence-corrected chi connectivity index (χ2v) is 17.2. The number of carbonyl (C=O) groups excluding carboxylic acids is 4. The number of unbranched alkanes of at least 4 members (excludes halogenated alkanes) is 15. The van der Waals surface area contributed by atoms with Crippen molar-refractivity contribution >= 4 is 23.7 Å². The summed E-state index contributed by atoms with van der Waals surface area (Å²) in [5.74, 6) is -3.55. The number of nitrogens with two attached hydrogens (primary N) is 1. The minimum absolute atomic E-state index is 0.0473. The normalized spacial score (nSPS) is 26.4. The van der Waals surface area contributed by atoms with Crippen LogP contribution in [0.5, 0.6) is 0 Å². The smallest absolute Gasteiger partial charge is 0.330 e. The third-order valence-corrected chi connectivity index (χ3v) is 12.0. The SMILES string of the molecule is CCCCCCCC/C=C\CCCCCCCCCCCC(=O)O[C@@H]1[C@H](OC)[C@@H]([C@@H](O[C@H]2OC(C(=O)N[C@H]3CCC[C@@H](C)NC3=O)=C[C@H](O)[C@@H]2O)C(N)=O)O[C@H]1n1ccc(=O)[nH]c1=O. The summed E-state index contributed by atoms with van der Waals surface area (Å²) in [6.45, 7) is 4.09. The largest absolute Gasteiger partial charge is 0.456 e. The number of primary amides is 1. The predicted molar refractivity (Wildman–Crippen MR) is 236 cm³/mol. The summed E-state index contributed by atoms with van der Waals surface area (Å²) in [5.41, 5.74) is 4.18. The van der Waals surface area contributed by atoms with Gasteiger partial charge >= 0.3 is 11.7 Å². The molecule has 360 valence electrons. The van der Waals surface area contributed by atoms with Gasteiger partial charge in [-0.3, -0.25) is 33.5 Å². The molecule has 0 aliphatic carbocycles. The molecule has 10 atom stereocenters. The van der Waals surface area contributed by atoms with E-state index >= 15 is 0 Å². The molecule has 2 fully saturated rings. The van der Waals surface area contributed by atoms with Crippen molar-refractivity contribution in [2.24, 2.45) is 5.73 Å². The fourth-order valence-electron chi connectivity index (χ4n) is 8.29. The molecule has 0 spiro atoms. The fraction of sp³-hybridized carbons (Fsp3) is 0.739. The summed E-state index contributed by atoms with van der Waals surface area (Å²) in [6, 6.07) is 0.0807. The van der Waals surface area contributed by atoms with Gasteiger partial charge in [-0.15, -0.1) is 0 Å². The van der Waals surface area contributed by atoms with Crippen molar-refractivity contribution in [3.05, 3.63) is 57.1 Å². The van der Waals surface area contributed by atoms with Crippen molar-refractivity contribution in [1.29, 1.82) is 0 Å². The second kappa shape index (κ2) is 27.8. The number of aliphatic hydroxyl groups is 2. The van der Waals surface area contributed by atoms with E-state index in [1.807, 2.05) is 6.92 Å². The Labute approximate surface area is 376 Å². The number of methoxy groups -OCH3 is 1. The molecule has 18 heteroatoms. The van der Waals surface area contributed by atoms with E-state index in [1.165, 1.54) is 77.7 Å². The van der Waals surface area contributed by atoms with E-state index in [-0.39, 0.29) is 12.5 Å². The van der Waals surface area contributed by atoms with Crippen LogP contribution in [0.2, 0.25) is 0 Å². The van der Waals surface area contributed by atoms with Crippen LogP contribution in [0.25, 0.3) is 0 Å². The molecule has 3 amide bonds. The molecule has 0 unspecified atom stereocenters. The van der Waals surface area contributed by atoms with Gasteiger partial charge in [0.05, 0.1) is 0 Å². The van der Waals surface area contributed by atoms with E-state index in [4.69, 9.17) is 29.4 Å². The van der Waals surface area contributed by atoms with E-state index in [0.717, 1.165) is 55.0 Å². The molecule has 64 heavy (non-hydrogen) atoms. The standard InChI is InChI=1S/C46H73N5O13/c1-4-5-6-7-8-9-10-11-12-13-14-15-16-17-18-19-20-21-22-26-35(54)62-40-37(60-3)38(63-44(40)51-28-27-34(53)50-46(51)59)39(41(47)56)64-45-36(55)32(52)29-33(61-45)43(58)49-31-25-23-24-30(2)48-42(31)57/h11-12,27-32,36-40,44-45,52,55H,4-10,13-26H2,1-3H3,(H2,47,56)(H,48,57)(H,49,58)(H,50,53,59)/b12-11-/t30-,31+,32+,36+,37-,38+,39-,40-,44-,45-/m1/s1. The summed E-state index contributed by atoms with van der Waals surface area (Å²) in [5, 5.41) is 26.9. The van der Waals surface area contributed by atoms with Gasteiger partial charge in [0.15, 0.2) is 24.2 Å². The molecule has 4 heterocycles. The maximum absolute atomic E-state index is 13.3.